The van der Waals surface area contributed by atoms with Crippen molar-refractivity contribution in [1.82, 2.24) is 9.97 Å². The minimum Gasteiger partial charge on any atom is -0.385 e. The maximum absolute atomic E-state index is 11.2. The van der Waals surface area contributed by atoms with Gasteiger partial charge in [-0.25, -0.2) is 4.98 Å². The number of hydrogen-bond acceptors (Lipinski definition) is 3. The molecule has 1 rings (SSSR count). The average Bonchev–Trinajstić information content (AvgIpc) is 2.17. The summed E-state index contributed by atoms with van der Waals surface area (Å²) in [5.41, 5.74) is 0.783. The number of methoxy groups -OCH3 is 1. The van der Waals surface area contributed by atoms with Crippen molar-refractivity contribution in [2.24, 2.45) is 0 Å². The molecule has 0 aliphatic rings. The molecule has 0 saturated heterocycles. The molecule has 0 bridgehead atoms. The maximum atomic E-state index is 11.2. The summed E-state index contributed by atoms with van der Waals surface area (Å²) in [6, 6.07) is 1.54. The van der Waals surface area contributed by atoms with Gasteiger partial charge in [-0.2, -0.15) is 0 Å². The molecule has 0 atom stereocenters. The highest BCUT2D eigenvalue weighted by molar-refractivity contribution is 5.02. The summed E-state index contributed by atoms with van der Waals surface area (Å²) in [5, 5.41) is 0. The summed E-state index contributed by atoms with van der Waals surface area (Å²) in [7, 11) is 1.67. The van der Waals surface area contributed by atoms with E-state index in [0.717, 1.165) is 30.8 Å². The van der Waals surface area contributed by atoms with Crippen molar-refractivity contribution in [3.05, 3.63) is 27.9 Å². The predicted octanol–water partition coefficient (Wildman–Crippen LogP) is 0.911. The van der Waals surface area contributed by atoms with Crippen LogP contribution in [0.3, 0.4) is 0 Å². The number of nitrogens with one attached hydrogen (secondary N) is 1. The largest absolute Gasteiger partial charge is 0.385 e. The molecule has 0 aliphatic carbocycles. The monoisotopic (exact) mass is 196 g/mol. The highest BCUT2D eigenvalue weighted by Crippen LogP contribution is 1.96. The van der Waals surface area contributed by atoms with E-state index in [0.29, 0.717) is 6.61 Å². The molecule has 0 aromatic carbocycles. The first-order chi connectivity index (χ1) is 6.76. The number of hydrogen-bond donors (Lipinski definition) is 1. The summed E-state index contributed by atoms with van der Waals surface area (Å²) in [5.74, 6) is 0.756. The molecule has 0 radical (unpaired) electrons. The van der Waals surface area contributed by atoms with E-state index in [1.54, 1.807) is 13.2 Å². The number of aryl methyl sites for hydroxylation is 2. The van der Waals surface area contributed by atoms with Gasteiger partial charge in [0.1, 0.15) is 5.82 Å². The van der Waals surface area contributed by atoms with Crippen LogP contribution in [0.15, 0.2) is 10.9 Å². The molecule has 1 aromatic heterocycles. The molecule has 0 saturated carbocycles. The topological polar surface area (TPSA) is 55.0 Å². The molecular weight excluding hydrogens is 180 g/mol. The smallest absolute Gasteiger partial charge is 0.251 e. The zero-order chi connectivity index (χ0) is 10.4. The zero-order valence-electron chi connectivity index (χ0n) is 8.67. The Morgan fingerprint density at radius 2 is 2.36 bits per heavy atom. The van der Waals surface area contributed by atoms with Crippen LogP contribution in [0, 0.1) is 0 Å². The van der Waals surface area contributed by atoms with Gasteiger partial charge < -0.3 is 9.72 Å². The number of aromatic amines is 1. The lowest BCUT2D eigenvalue weighted by Gasteiger charge is -2.02. The van der Waals surface area contributed by atoms with Crippen LogP contribution in [0.25, 0.3) is 0 Å². The lowest BCUT2D eigenvalue weighted by atomic mass is 10.2. The first-order valence-electron chi connectivity index (χ1n) is 4.84. The zero-order valence-corrected chi connectivity index (χ0v) is 8.67. The second-order valence-corrected chi connectivity index (χ2v) is 3.13. The van der Waals surface area contributed by atoms with Gasteiger partial charge in [-0.1, -0.05) is 6.92 Å². The van der Waals surface area contributed by atoms with E-state index < -0.39 is 0 Å². The standard InChI is InChI=1S/C10H16N2O2/c1-3-8-7-10(13)12-9(11-8)5-4-6-14-2/h7H,3-6H2,1-2H3,(H,11,12,13). The SMILES string of the molecule is CCc1cc(=O)[nH]c(CCCOC)n1. The fourth-order valence-electron chi connectivity index (χ4n) is 1.25. The third-order valence-corrected chi connectivity index (χ3v) is 1.97. The highest BCUT2D eigenvalue weighted by atomic mass is 16.5. The van der Waals surface area contributed by atoms with Crippen molar-refractivity contribution < 1.29 is 4.74 Å². The molecule has 0 aliphatic heterocycles. The third-order valence-electron chi connectivity index (χ3n) is 1.97. The van der Waals surface area contributed by atoms with Gasteiger partial charge in [-0.3, -0.25) is 4.79 Å². The Morgan fingerprint density at radius 1 is 1.57 bits per heavy atom. The number of aromatic nitrogens is 2. The van der Waals surface area contributed by atoms with Crippen molar-refractivity contribution in [2.45, 2.75) is 26.2 Å². The molecule has 1 heterocycles. The molecule has 0 fully saturated rings. The summed E-state index contributed by atoms with van der Waals surface area (Å²) in [4.78, 5) is 18.2. The van der Waals surface area contributed by atoms with Crippen molar-refractivity contribution in [1.29, 1.82) is 0 Å². The van der Waals surface area contributed by atoms with Crippen LogP contribution in [0.4, 0.5) is 0 Å². The first-order valence-corrected chi connectivity index (χ1v) is 4.84. The molecule has 0 unspecified atom stereocenters. The number of nitrogens with zero attached hydrogens (tertiary/aromatic N) is 1. The average molecular weight is 196 g/mol. The van der Waals surface area contributed by atoms with Gasteiger partial charge in [-0.05, 0) is 12.8 Å². The number of rotatable bonds is 5. The molecule has 78 valence electrons. The number of H-pyrrole nitrogens is 1. The lowest BCUT2D eigenvalue weighted by molar-refractivity contribution is 0.194. The molecule has 0 amide bonds. The summed E-state index contributed by atoms with van der Waals surface area (Å²) < 4.78 is 4.93. The molecule has 0 spiro atoms. The van der Waals surface area contributed by atoms with Crippen molar-refractivity contribution in [3.8, 4) is 0 Å². The second kappa shape index (κ2) is 5.54. The van der Waals surface area contributed by atoms with Gasteiger partial charge in [0.2, 0.25) is 0 Å². The van der Waals surface area contributed by atoms with Crippen LogP contribution < -0.4 is 5.56 Å². The molecule has 4 heteroatoms. The van der Waals surface area contributed by atoms with Gasteiger partial charge in [0.25, 0.3) is 5.56 Å². The summed E-state index contributed by atoms with van der Waals surface area (Å²) in [6.07, 6.45) is 2.44. The third kappa shape index (κ3) is 3.30. The molecule has 4 nitrogen and oxygen atoms in total. The normalized spacial score (nSPS) is 10.4. The van der Waals surface area contributed by atoms with Gasteiger partial charge >= 0.3 is 0 Å². The van der Waals surface area contributed by atoms with Gasteiger partial charge in [-0.15, -0.1) is 0 Å². The predicted molar refractivity (Wildman–Crippen MR) is 54.4 cm³/mol. The highest BCUT2D eigenvalue weighted by Gasteiger charge is 1.99. The van der Waals surface area contributed by atoms with Crippen LogP contribution in [-0.4, -0.2) is 23.7 Å². The van der Waals surface area contributed by atoms with Crippen LogP contribution in [0.5, 0.6) is 0 Å². The second-order valence-electron chi connectivity index (χ2n) is 3.13. The van der Waals surface area contributed by atoms with Gasteiger partial charge in [0.15, 0.2) is 0 Å². The Bertz CT molecular complexity index is 333. The van der Waals surface area contributed by atoms with Crippen LogP contribution in [-0.2, 0) is 17.6 Å². The molecule has 1 aromatic rings. The molecule has 14 heavy (non-hydrogen) atoms. The van der Waals surface area contributed by atoms with Crippen molar-refractivity contribution >= 4 is 0 Å². The van der Waals surface area contributed by atoms with E-state index >= 15 is 0 Å². The number of ether oxygens (including phenoxy) is 1. The van der Waals surface area contributed by atoms with E-state index in [9.17, 15) is 4.79 Å². The Hall–Kier alpha value is -1.16. The Balaban J connectivity index is 2.67. The fraction of sp³-hybridized carbons (Fsp3) is 0.600. The molecule has 1 N–H and O–H groups in total. The Kier molecular flexibility index (Phi) is 4.32. The van der Waals surface area contributed by atoms with Gasteiger partial charge in [0.05, 0.1) is 0 Å². The summed E-state index contributed by atoms with van der Waals surface area (Å²) >= 11 is 0. The Morgan fingerprint density at radius 3 is 3.00 bits per heavy atom. The minimum atomic E-state index is -0.0655. The van der Waals surface area contributed by atoms with Crippen LogP contribution in [0.2, 0.25) is 0 Å². The lowest BCUT2D eigenvalue weighted by Crippen LogP contribution is -2.12. The Labute approximate surface area is 83.3 Å². The van der Waals surface area contributed by atoms with Gasteiger partial charge in [0, 0.05) is 31.9 Å². The van der Waals surface area contributed by atoms with E-state index in [1.165, 1.54) is 0 Å². The van der Waals surface area contributed by atoms with Crippen LogP contribution in [0.1, 0.15) is 24.9 Å². The first kappa shape index (κ1) is 10.9. The van der Waals surface area contributed by atoms with E-state index in [2.05, 4.69) is 9.97 Å². The van der Waals surface area contributed by atoms with Crippen LogP contribution >= 0.6 is 0 Å². The fourth-order valence-corrected chi connectivity index (χ4v) is 1.25. The van der Waals surface area contributed by atoms with E-state index in [4.69, 9.17) is 4.74 Å². The molecular formula is C10H16N2O2. The summed E-state index contributed by atoms with van der Waals surface area (Å²) in [6.45, 7) is 2.68. The van der Waals surface area contributed by atoms with E-state index in [-0.39, 0.29) is 5.56 Å². The maximum Gasteiger partial charge on any atom is 0.251 e. The minimum absolute atomic E-state index is 0.0655. The van der Waals surface area contributed by atoms with Crippen molar-refractivity contribution in [3.63, 3.8) is 0 Å². The van der Waals surface area contributed by atoms with Crippen molar-refractivity contribution in [2.75, 3.05) is 13.7 Å². The quantitative estimate of drug-likeness (QED) is 0.712. The van der Waals surface area contributed by atoms with E-state index in [1.807, 2.05) is 6.92 Å².